The number of thiol groups is 1. The Kier molecular flexibility index (Phi) is 22.9. The Morgan fingerprint density at radius 1 is 1.19 bits per heavy atom. The van der Waals surface area contributed by atoms with Gasteiger partial charge in [0.1, 0.15) is 0 Å². The molecule has 2 N–H and O–H groups in total. The summed E-state index contributed by atoms with van der Waals surface area (Å²) < 4.78 is 0. The van der Waals surface area contributed by atoms with Crippen LogP contribution in [0.1, 0.15) is 57.9 Å². The maximum atomic E-state index is 5.71. The van der Waals surface area contributed by atoms with E-state index in [2.05, 4.69) is 45.7 Å². The van der Waals surface area contributed by atoms with E-state index < -0.39 is 4.87 Å². The van der Waals surface area contributed by atoms with Crippen LogP contribution in [0.5, 0.6) is 0 Å². The predicted octanol–water partition coefficient (Wildman–Crippen LogP) is 5.53. The van der Waals surface area contributed by atoms with E-state index in [-0.39, 0.29) is 31.1 Å². The van der Waals surface area contributed by atoms with Gasteiger partial charge in [-0.05, 0) is 6.92 Å². The van der Waals surface area contributed by atoms with Gasteiger partial charge in [-0.1, -0.05) is 39.0 Å². The van der Waals surface area contributed by atoms with Crippen molar-refractivity contribution in [2.45, 2.75) is 57.2 Å². The van der Waals surface area contributed by atoms with Gasteiger partial charge in [0.05, 0.1) is 4.87 Å². The second kappa shape index (κ2) is 18.4. The number of nitrogens with two attached hydrogens (primary N) is 1. The number of hydrogen-bond donors (Lipinski definition) is 2. The van der Waals surface area contributed by atoms with Crippen molar-refractivity contribution in [3.8, 4) is 0 Å². The summed E-state index contributed by atoms with van der Waals surface area (Å²) in [6.45, 7) is 13.9. The van der Waals surface area contributed by atoms with Crippen molar-refractivity contribution in [3.05, 3.63) is 56.0 Å². The zero-order valence-electron chi connectivity index (χ0n) is 13.7. The Bertz CT molecular complexity index is 290. The minimum atomic E-state index is -0.533. The largest absolute Gasteiger partial charge is 2.00 e. The van der Waals surface area contributed by atoms with Crippen LogP contribution in [0.3, 0.4) is 0 Å². The molecule has 0 amide bonds. The molecule has 1 rings (SSSR count). The number of benzene rings is 1. The van der Waals surface area contributed by atoms with Crippen LogP contribution in [-0.4, -0.2) is 0 Å². The molecule has 1 nitrogen and oxygen atoms in total. The van der Waals surface area contributed by atoms with Crippen molar-refractivity contribution in [1.82, 2.24) is 0 Å². The fourth-order valence-electron chi connectivity index (χ4n) is 1.50. The molecular formula is C18H31NSU. The van der Waals surface area contributed by atoms with Crippen LogP contribution in [0.15, 0.2) is 37.4 Å². The first-order valence-electron chi connectivity index (χ1n) is 7.29. The predicted molar refractivity (Wildman–Crippen MR) is 95.8 cm³/mol. The summed E-state index contributed by atoms with van der Waals surface area (Å²) in [6.07, 6.45) is 7.98. The monoisotopic (exact) mass is 531 g/mol. The van der Waals surface area contributed by atoms with Crippen LogP contribution in [0, 0.1) is 44.1 Å². The molecule has 118 valence electrons. The third-order valence-corrected chi connectivity index (χ3v) is 2.91. The van der Waals surface area contributed by atoms with Gasteiger partial charge in [-0.2, -0.15) is 49.4 Å². The number of hydrogen-bond acceptors (Lipinski definition) is 2. The molecule has 1 aromatic rings. The van der Waals surface area contributed by atoms with Gasteiger partial charge >= 0.3 is 31.1 Å². The Hall–Kier alpha value is 0.322. The Morgan fingerprint density at radius 2 is 1.67 bits per heavy atom. The van der Waals surface area contributed by atoms with Crippen molar-refractivity contribution in [2.75, 3.05) is 0 Å². The Morgan fingerprint density at radius 3 is 2.00 bits per heavy atom. The van der Waals surface area contributed by atoms with E-state index in [0.717, 1.165) is 12.0 Å². The third kappa shape index (κ3) is 18.3. The van der Waals surface area contributed by atoms with Crippen LogP contribution in [0.2, 0.25) is 0 Å². The van der Waals surface area contributed by atoms with Gasteiger partial charge in [0.2, 0.25) is 0 Å². The second-order valence-corrected chi connectivity index (χ2v) is 5.63. The van der Waals surface area contributed by atoms with Gasteiger partial charge in [-0.25, -0.2) is 0 Å². The summed E-state index contributed by atoms with van der Waals surface area (Å²) in [5, 5.41) is 0. The van der Waals surface area contributed by atoms with Crippen LogP contribution in [0.25, 0.3) is 0 Å². The maximum Gasteiger partial charge on any atom is 2.00 e. The van der Waals surface area contributed by atoms with Crippen LogP contribution < -0.4 is 5.73 Å². The quantitative estimate of drug-likeness (QED) is 0.163. The van der Waals surface area contributed by atoms with Gasteiger partial charge in [-0.3, -0.25) is 0 Å². The summed E-state index contributed by atoms with van der Waals surface area (Å²) in [6, 6.07) is 10.4. The zero-order valence-corrected chi connectivity index (χ0v) is 18.8. The molecular weight excluding hydrogens is 500 g/mol. The molecule has 0 radical (unpaired) electrons. The summed E-state index contributed by atoms with van der Waals surface area (Å²) in [7, 11) is 0. The SMILES string of the molecule is C=C.CC(N)(S)c1cc[c-]cc1.[CH2-]CCCCCCC.[U+2]. The minimum Gasteiger partial charge on any atom is -0.343 e. The van der Waals surface area contributed by atoms with Crippen molar-refractivity contribution < 1.29 is 31.1 Å². The van der Waals surface area contributed by atoms with E-state index in [9.17, 15) is 0 Å². The maximum absolute atomic E-state index is 5.71. The van der Waals surface area contributed by atoms with E-state index >= 15 is 0 Å². The molecule has 1 aromatic carbocycles. The molecule has 0 saturated carbocycles. The molecule has 0 aliphatic carbocycles. The fourth-order valence-corrected chi connectivity index (χ4v) is 1.65. The first-order valence-corrected chi connectivity index (χ1v) is 7.74. The number of unbranched alkanes of at least 4 members (excludes halogenated alkanes) is 5. The smallest absolute Gasteiger partial charge is 0.343 e. The van der Waals surface area contributed by atoms with Crippen molar-refractivity contribution in [2.24, 2.45) is 5.73 Å². The van der Waals surface area contributed by atoms with E-state index in [1.165, 1.54) is 32.1 Å². The van der Waals surface area contributed by atoms with E-state index in [1.54, 1.807) is 0 Å². The molecule has 1 atom stereocenters. The summed E-state index contributed by atoms with van der Waals surface area (Å²) in [4.78, 5) is -0.533. The molecule has 0 heterocycles. The molecule has 0 aromatic heterocycles. The first-order chi connectivity index (χ1) is 9.52. The molecule has 3 heteroatoms. The van der Waals surface area contributed by atoms with E-state index in [1.807, 2.05) is 31.2 Å². The van der Waals surface area contributed by atoms with Gasteiger partial charge in [0.25, 0.3) is 0 Å². The summed E-state index contributed by atoms with van der Waals surface area (Å²) >= 11 is 4.21. The van der Waals surface area contributed by atoms with Crippen LogP contribution in [-0.2, 0) is 4.87 Å². The molecule has 21 heavy (non-hydrogen) atoms. The second-order valence-electron chi connectivity index (χ2n) is 4.70. The van der Waals surface area contributed by atoms with Gasteiger partial charge < -0.3 is 12.7 Å². The number of rotatable bonds is 6. The molecule has 0 fully saturated rings. The molecule has 0 saturated heterocycles. The first kappa shape index (κ1) is 26.2. The van der Waals surface area contributed by atoms with Crippen molar-refractivity contribution in [3.63, 3.8) is 0 Å². The standard InChI is InChI=1S/C8H10NS.C8H17.C2H4.U/c1-8(9,10)7-5-3-2-4-6-7;1-3-5-7-8-6-4-2;1-2;/h3-6,10H,9H2,1H3;1,3-8H2,2H3;1-2H2;/q2*-1;;+2. The average Bonchev–Trinajstić information content (AvgIpc) is 2.47. The normalized spacial score (nSPS) is 11.7. The van der Waals surface area contributed by atoms with Gasteiger partial charge in [-0.15, -0.1) is 18.7 Å². The Balaban J connectivity index is -0.000000270. The third-order valence-electron chi connectivity index (χ3n) is 2.66. The summed E-state index contributed by atoms with van der Waals surface area (Å²) in [5.74, 6) is 0. The van der Waals surface area contributed by atoms with Gasteiger partial charge in [0.15, 0.2) is 0 Å². The molecule has 0 spiro atoms. The molecule has 0 aliphatic rings. The Labute approximate surface area is 162 Å². The molecule has 0 bridgehead atoms. The summed E-state index contributed by atoms with van der Waals surface area (Å²) in [5.41, 5.74) is 6.72. The van der Waals surface area contributed by atoms with Crippen molar-refractivity contribution in [1.29, 1.82) is 0 Å². The zero-order chi connectivity index (χ0) is 15.9. The van der Waals surface area contributed by atoms with E-state index in [4.69, 9.17) is 5.73 Å². The molecule has 1 unspecified atom stereocenters. The molecule has 0 aliphatic heterocycles. The van der Waals surface area contributed by atoms with Crippen LogP contribution >= 0.6 is 12.6 Å². The average molecular weight is 532 g/mol. The fraction of sp³-hybridized carbons (Fsp3) is 0.500. The van der Waals surface area contributed by atoms with E-state index in [0.29, 0.717) is 0 Å². The van der Waals surface area contributed by atoms with Gasteiger partial charge in [0, 0.05) is 0 Å². The minimum absolute atomic E-state index is 0. The topological polar surface area (TPSA) is 26.0 Å². The van der Waals surface area contributed by atoms with Crippen LogP contribution in [0.4, 0.5) is 0 Å². The van der Waals surface area contributed by atoms with Crippen molar-refractivity contribution >= 4 is 12.6 Å².